The smallest absolute Gasteiger partial charge is 0.240 e. The lowest BCUT2D eigenvalue weighted by Gasteiger charge is -2.18. The zero-order valence-electron chi connectivity index (χ0n) is 10.1. The van der Waals surface area contributed by atoms with Gasteiger partial charge in [-0.15, -0.1) is 0 Å². The van der Waals surface area contributed by atoms with Gasteiger partial charge in [0.05, 0.1) is 4.90 Å². The van der Waals surface area contributed by atoms with E-state index in [0.29, 0.717) is 24.7 Å². The number of sulfonamides is 1. The first-order chi connectivity index (χ1) is 8.49. The molecule has 6 heteroatoms. The fourth-order valence-electron chi connectivity index (χ4n) is 1.49. The molecule has 5 nitrogen and oxygen atoms in total. The molecule has 0 amide bonds. The Balaban J connectivity index is 2.25. The molecule has 0 aliphatic carbocycles. The highest BCUT2D eigenvalue weighted by Crippen LogP contribution is 2.32. The first kappa shape index (κ1) is 12.9. The number of benzene rings is 1. The third-order valence-corrected chi connectivity index (χ3v) is 3.79. The second-order valence-electron chi connectivity index (χ2n) is 4.09. The van der Waals surface area contributed by atoms with Crippen molar-refractivity contribution in [1.29, 1.82) is 0 Å². The van der Waals surface area contributed by atoms with Crippen LogP contribution in [-0.2, 0) is 10.0 Å². The average Bonchev–Trinajstić information content (AvgIpc) is 2.36. The third kappa shape index (κ3) is 2.83. The van der Waals surface area contributed by atoms with Crippen molar-refractivity contribution in [1.82, 2.24) is 4.72 Å². The molecule has 1 aromatic rings. The minimum absolute atomic E-state index is 0.160. The SMILES string of the molecule is C=C(C)CNS(=O)(=O)c1ccc2c(c1)OCCO2. The lowest BCUT2D eigenvalue weighted by molar-refractivity contribution is 0.171. The second kappa shape index (κ2) is 4.99. The van der Waals surface area contributed by atoms with Crippen LogP contribution in [0.1, 0.15) is 6.92 Å². The molecule has 1 heterocycles. The molecule has 0 aromatic heterocycles. The van der Waals surface area contributed by atoms with Crippen LogP contribution in [0.15, 0.2) is 35.2 Å². The maximum atomic E-state index is 12.0. The standard InChI is InChI=1S/C12H15NO4S/c1-9(2)8-13-18(14,15)10-3-4-11-12(7-10)17-6-5-16-11/h3-4,7,13H,1,5-6,8H2,2H3. The Hall–Kier alpha value is -1.53. The van der Waals surface area contributed by atoms with E-state index in [-0.39, 0.29) is 11.4 Å². The number of fused-ring (bicyclic) bond motifs is 1. The van der Waals surface area contributed by atoms with E-state index in [2.05, 4.69) is 11.3 Å². The maximum Gasteiger partial charge on any atom is 0.240 e. The van der Waals surface area contributed by atoms with Crippen LogP contribution in [0.5, 0.6) is 11.5 Å². The molecule has 98 valence electrons. The van der Waals surface area contributed by atoms with E-state index in [0.717, 1.165) is 5.57 Å². The van der Waals surface area contributed by atoms with Crippen molar-refractivity contribution < 1.29 is 17.9 Å². The topological polar surface area (TPSA) is 64.6 Å². The Morgan fingerprint density at radius 2 is 2.00 bits per heavy atom. The van der Waals surface area contributed by atoms with Crippen LogP contribution in [0.3, 0.4) is 0 Å². The number of hydrogen-bond donors (Lipinski definition) is 1. The molecule has 0 saturated heterocycles. The molecule has 18 heavy (non-hydrogen) atoms. The van der Waals surface area contributed by atoms with Gasteiger partial charge in [-0.3, -0.25) is 0 Å². The van der Waals surface area contributed by atoms with Gasteiger partial charge in [0.2, 0.25) is 10.0 Å². The Morgan fingerprint density at radius 1 is 1.33 bits per heavy atom. The summed E-state index contributed by atoms with van der Waals surface area (Å²) in [6, 6.07) is 4.56. The molecular formula is C12H15NO4S. The molecule has 0 saturated carbocycles. The molecule has 1 aliphatic rings. The van der Waals surface area contributed by atoms with Crippen LogP contribution in [0.4, 0.5) is 0 Å². The third-order valence-electron chi connectivity index (χ3n) is 2.39. The van der Waals surface area contributed by atoms with Crippen LogP contribution in [0, 0.1) is 0 Å². The summed E-state index contributed by atoms with van der Waals surface area (Å²) in [5.74, 6) is 1.03. The first-order valence-electron chi connectivity index (χ1n) is 5.53. The molecule has 1 aromatic carbocycles. The highest BCUT2D eigenvalue weighted by atomic mass is 32.2. The minimum atomic E-state index is -3.54. The number of ether oxygens (including phenoxy) is 2. The van der Waals surface area contributed by atoms with Gasteiger partial charge in [0.15, 0.2) is 11.5 Å². The van der Waals surface area contributed by atoms with Crippen LogP contribution in [-0.4, -0.2) is 28.2 Å². The Bertz CT molecular complexity index is 565. The Morgan fingerprint density at radius 3 is 2.67 bits per heavy atom. The van der Waals surface area contributed by atoms with Crippen LogP contribution in [0.25, 0.3) is 0 Å². The highest BCUT2D eigenvalue weighted by Gasteiger charge is 2.18. The summed E-state index contributed by atoms with van der Waals surface area (Å²) in [7, 11) is -3.54. The second-order valence-corrected chi connectivity index (χ2v) is 5.85. The molecule has 0 radical (unpaired) electrons. The molecular weight excluding hydrogens is 254 g/mol. The van der Waals surface area contributed by atoms with Crippen LogP contribution in [0.2, 0.25) is 0 Å². The molecule has 2 rings (SSSR count). The van der Waals surface area contributed by atoms with Gasteiger partial charge < -0.3 is 9.47 Å². The van der Waals surface area contributed by atoms with Crippen molar-refractivity contribution in [2.24, 2.45) is 0 Å². The fraction of sp³-hybridized carbons (Fsp3) is 0.333. The fourth-order valence-corrected chi connectivity index (χ4v) is 2.60. The largest absolute Gasteiger partial charge is 0.486 e. The molecule has 0 bridgehead atoms. The summed E-state index contributed by atoms with van der Waals surface area (Å²) < 4.78 is 37.1. The highest BCUT2D eigenvalue weighted by molar-refractivity contribution is 7.89. The minimum Gasteiger partial charge on any atom is -0.486 e. The van der Waals surface area contributed by atoms with E-state index in [1.807, 2.05) is 0 Å². The van der Waals surface area contributed by atoms with E-state index in [4.69, 9.17) is 9.47 Å². The van der Waals surface area contributed by atoms with E-state index in [9.17, 15) is 8.42 Å². The van der Waals surface area contributed by atoms with E-state index in [1.165, 1.54) is 12.1 Å². The molecule has 1 N–H and O–H groups in total. The van der Waals surface area contributed by atoms with Gasteiger partial charge in [0, 0.05) is 12.6 Å². The Kier molecular flexibility index (Phi) is 3.58. The Labute approximate surface area is 106 Å². The van der Waals surface area contributed by atoms with Gasteiger partial charge in [-0.2, -0.15) is 0 Å². The number of nitrogens with one attached hydrogen (secondary N) is 1. The molecule has 0 spiro atoms. The van der Waals surface area contributed by atoms with Crippen molar-refractivity contribution in [2.75, 3.05) is 19.8 Å². The quantitative estimate of drug-likeness (QED) is 0.837. The average molecular weight is 269 g/mol. The predicted octanol–water partition coefficient (Wildman–Crippen LogP) is 1.31. The monoisotopic (exact) mass is 269 g/mol. The number of rotatable bonds is 4. The predicted molar refractivity (Wildman–Crippen MR) is 67.4 cm³/mol. The van der Waals surface area contributed by atoms with Crippen LogP contribution < -0.4 is 14.2 Å². The molecule has 0 atom stereocenters. The summed E-state index contributed by atoms with van der Waals surface area (Å²) >= 11 is 0. The van der Waals surface area contributed by atoms with Gasteiger partial charge in [0.1, 0.15) is 13.2 Å². The number of hydrogen-bond acceptors (Lipinski definition) is 4. The van der Waals surface area contributed by atoms with Gasteiger partial charge in [0.25, 0.3) is 0 Å². The normalized spacial score (nSPS) is 14.3. The molecule has 0 unspecified atom stereocenters. The molecule has 1 aliphatic heterocycles. The lowest BCUT2D eigenvalue weighted by Crippen LogP contribution is -2.25. The van der Waals surface area contributed by atoms with E-state index < -0.39 is 10.0 Å². The summed E-state index contributed by atoms with van der Waals surface area (Å²) in [5, 5.41) is 0. The van der Waals surface area contributed by atoms with Gasteiger partial charge in [-0.05, 0) is 19.1 Å². The van der Waals surface area contributed by atoms with Gasteiger partial charge >= 0.3 is 0 Å². The van der Waals surface area contributed by atoms with Gasteiger partial charge in [-0.1, -0.05) is 12.2 Å². The van der Waals surface area contributed by atoms with Crippen molar-refractivity contribution in [2.45, 2.75) is 11.8 Å². The maximum absolute atomic E-state index is 12.0. The van der Waals surface area contributed by atoms with Gasteiger partial charge in [-0.25, -0.2) is 13.1 Å². The summed E-state index contributed by atoms with van der Waals surface area (Å²) in [6.07, 6.45) is 0. The van der Waals surface area contributed by atoms with Crippen LogP contribution >= 0.6 is 0 Å². The zero-order valence-corrected chi connectivity index (χ0v) is 10.9. The van der Waals surface area contributed by atoms with Crippen molar-refractivity contribution in [3.8, 4) is 11.5 Å². The van der Waals surface area contributed by atoms with E-state index >= 15 is 0 Å². The lowest BCUT2D eigenvalue weighted by atomic mass is 10.3. The summed E-state index contributed by atoms with van der Waals surface area (Å²) in [6.45, 7) is 6.53. The summed E-state index contributed by atoms with van der Waals surface area (Å²) in [5.41, 5.74) is 0.746. The summed E-state index contributed by atoms with van der Waals surface area (Å²) in [4.78, 5) is 0.160. The van der Waals surface area contributed by atoms with Crippen molar-refractivity contribution >= 4 is 10.0 Å². The van der Waals surface area contributed by atoms with Crippen molar-refractivity contribution in [3.05, 3.63) is 30.4 Å². The molecule has 0 fully saturated rings. The van der Waals surface area contributed by atoms with Crippen molar-refractivity contribution in [3.63, 3.8) is 0 Å². The van der Waals surface area contributed by atoms with E-state index in [1.54, 1.807) is 13.0 Å². The zero-order chi connectivity index (χ0) is 13.2. The first-order valence-corrected chi connectivity index (χ1v) is 7.01.